The first kappa shape index (κ1) is 18.1. The van der Waals surface area contributed by atoms with E-state index in [4.69, 9.17) is 0 Å². The van der Waals surface area contributed by atoms with E-state index in [2.05, 4.69) is 10.6 Å². The van der Waals surface area contributed by atoms with Gasteiger partial charge in [-0.25, -0.2) is 13.6 Å². The zero-order valence-electron chi connectivity index (χ0n) is 13.6. The lowest BCUT2D eigenvalue weighted by atomic mass is 10.2. The van der Waals surface area contributed by atoms with E-state index < -0.39 is 6.43 Å². The number of anilines is 1. The Bertz CT molecular complexity index is 575. The van der Waals surface area contributed by atoms with Crippen LogP contribution >= 0.6 is 0 Å². The third-order valence-electron chi connectivity index (χ3n) is 3.77. The fourth-order valence-electron chi connectivity index (χ4n) is 2.53. The second-order valence-corrected chi connectivity index (χ2v) is 5.55. The zero-order valence-corrected chi connectivity index (χ0v) is 13.6. The Balaban J connectivity index is 1.89. The second-order valence-electron chi connectivity index (χ2n) is 5.55. The van der Waals surface area contributed by atoms with Crippen LogP contribution in [-0.2, 0) is 0 Å². The molecule has 0 bridgehead atoms. The van der Waals surface area contributed by atoms with Gasteiger partial charge >= 0.3 is 6.03 Å². The van der Waals surface area contributed by atoms with Crippen molar-refractivity contribution in [3.63, 3.8) is 0 Å². The van der Waals surface area contributed by atoms with E-state index >= 15 is 0 Å². The van der Waals surface area contributed by atoms with Crippen molar-refractivity contribution in [2.24, 2.45) is 0 Å². The van der Waals surface area contributed by atoms with Gasteiger partial charge in [0.2, 0.25) is 0 Å². The highest BCUT2D eigenvalue weighted by Crippen LogP contribution is 2.13. The van der Waals surface area contributed by atoms with Crippen molar-refractivity contribution < 1.29 is 18.4 Å². The minimum atomic E-state index is -2.36. The first-order valence-electron chi connectivity index (χ1n) is 7.94. The number of nitrogens with zero attached hydrogens (tertiary/aromatic N) is 2. The summed E-state index contributed by atoms with van der Waals surface area (Å²) in [5, 5.41) is 5.44. The number of piperazine rings is 1. The van der Waals surface area contributed by atoms with Crippen molar-refractivity contribution in [2.75, 3.05) is 44.6 Å². The Morgan fingerprint density at radius 2 is 1.92 bits per heavy atom. The number of halogens is 2. The molecule has 0 unspecified atom stereocenters. The van der Waals surface area contributed by atoms with Crippen molar-refractivity contribution in [3.05, 3.63) is 29.8 Å². The summed E-state index contributed by atoms with van der Waals surface area (Å²) >= 11 is 0. The van der Waals surface area contributed by atoms with Crippen LogP contribution in [0.3, 0.4) is 0 Å². The molecule has 0 aliphatic carbocycles. The van der Waals surface area contributed by atoms with Gasteiger partial charge < -0.3 is 15.5 Å². The van der Waals surface area contributed by atoms with Gasteiger partial charge in [-0.15, -0.1) is 0 Å². The highest BCUT2D eigenvalue weighted by atomic mass is 19.3. The highest BCUT2D eigenvalue weighted by molar-refractivity contribution is 5.96. The van der Waals surface area contributed by atoms with Crippen LogP contribution in [0, 0.1) is 0 Å². The SMILES string of the molecule is CCNC(=O)c1cccc(NC(=O)N2CCN(CC(F)F)CC2)c1. The van der Waals surface area contributed by atoms with Crippen LogP contribution in [0.1, 0.15) is 17.3 Å². The minimum Gasteiger partial charge on any atom is -0.352 e. The molecule has 8 heteroatoms. The number of hydrogen-bond donors (Lipinski definition) is 2. The summed E-state index contributed by atoms with van der Waals surface area (Å²) in [5.41, 5.74) is 0.996. The predicted octanol–water partition coefficient (Wildman–Crippen LogP) is 1.85. The number of benzene rings is 1. The maximum atomic E-state index is 12.4. The molecule has 1 heterocycles. The molecule has 0 atom stereocenters. The minimum absolute atomic E-state index is 0.200. The number of hydrogen-bond acceptors (Lipinski definition) is 3. The number of carbonyl (C=O) groups excluding carboxylic acids is 2. The summed E-state index contributed by atoms with van der Waals surface area (Å²) in [6.45, 7) is 3.75. The molecule has 3 amide bonds. The average molecular weight is 340 g/mol. The standard InChI is InChI=1S/C16H22F2N4O2/c1-2-19-15(23)12-4-3-5-13(10-12)20-16(24)22-8-6-21(7-9-22)11-14(17)18/h3-5,10,14H,2,6-9,11H2,1H3,(H,19,23)(H,20,24). The third kappa shape index (κ3) is 5.16. The van der Waals surface area contributed by atoms with E-state index in [1.165, 1.54) is 0 Å². The number of alkyl halides is 2. The maximum Gasteiger partial charge on any atom is 0.321 e. The van der Waals surface area contributed by atoms with Crippen LogP contribution in [0.2, 0.25) is 0 Å². The summed E-state index contributed by atoms with van der Waals surface area (Å²) in [7, 11) is 0. The lowest BCUT2D eigenvalue weighted by Gasteiger charge is -2.34. The van der Waals surface area contributed by atoms with Gasteiger partial charge in [-0.1, -0.05) is 6.07 Å². The molecule has 24 heavy (non-hydrogen) atoms. The fourth-order valence-corrected chi connectivity index (χ4v) is 2.53. The summed E-state index contributed by atoms with van der Waals surface area (Å²) in [6.07, 6.45) is -2.36. The maximum absolute atomic E-state index is 12.4. The van der Waals surface area contributed by atoms with Crippen LogP contribution in [0.4, 0.5) is 19.3 Å². The lowest BCUT2D eigenvalue weighted by molar-refractivity contribution is 0.0651. The van der Waals surface area contributed by atoms with Crippen molar-refractivity contribution in [2.45, 2.75) is 13.3 Å². The van der Waals surface area contributed by atoms with Crippen molar-refractivity contribution >= 4 is 17.6 Å². The van der Waals surface area contributed by atoms with Gasteiger partial charge in [-0.2, -0.15) is 0 Å². The Morgan fingerprint density at radius 3 is 2.54 bits per heavy atom. The second kappa shape index (κ2) is 8.58. The molecule has 1 fully saturated rings. The Labute approximate surface area is 139 Å². The summed E-state index contributed by atoms with van der Waals surface area (Å²) in [5.74, 6) is -0.200. The number of amides is 3. The lowest BCUT2D eigenvalue weighted by Crippen LogP contribution is -2.50. The molecular weight excluding hydrogens is 318 g/mol. The van der Waals surface area contributed by atoms with Crippen molar-refractivity contribution in [3.8, 4) is 0 Å². The van der Waals surface area contributed by atoms with Crippen LogP contribution < -0.4 is 10.6 Å². The molecule has 0 aromatic heterocycles. The van der Waals surface area contributed by atoms with Gasteiger partial charge in [0.1, 0.15) is 0 Å². The molecule has 0 spiro atoms. The summed E-state index contributed by atoms with van der Waals surface area (Å²) < 4.78 is 24.7. The molecule has 1 aromatic rings. The van der Waals surface area contributed by atoms with E-state index in [1.54, 1.807) is 34.1 Å². The monoisotopic (exact) mass is 340 g/mol. The molecule has 0 saturated carbocycles. The van der Waals surface area contributed by atoms with Crippen LogP contribution in [0.25, 0.3) is 0 Å². The first-order valence-corrected chi connectivity index (χ1v) is 7.94. The molecule has 6 nitrogen and oxygen atoms in total. The number of carbonyl (C=O) groups is 2. The molecule has 0 radical (unpaired) electrons. The Morgan fingerprint density at radius 1 is 1.21 bits per heavy atom. The molecule has 1 saturated heterocycles. The number of urea groups is 1. The zero-order chi connectivity index (χ0) is 17.5. The fraction of sp³-hybridized carbons (Fsp3) is 0.500. The van der Waals surface area contributed by atoms with Crippen LogP contribution in [0.5, 0.6) is 0 Å². The van der Waals surface area contributed by atoms with E-state index in [9.17, 15) is 18.4 Å². The molecule has 1 aromatic carbocycles. The Hall–Kier alpha value is -2.22. The van der Waals surface area contributed by atoms with E-state index in [-0.39, 0.29) is 18.5 Å². The number of nitrogens with one attached hydrogen (secondary N) is 2. The largest absolute Gasteiger partial charge is 0.352 e. The molecule has 2 N–H and O–H groups in total. The molecular formula is C16H22F2N4O2. The average Bonchev–Trinajstić information content (AvgIpc) is 2.55. The van der Waals surface area contributed by atoms with Gasteiger partial charge in [0.25, 0.3) is 12.3 Å². The smallest absolute Gasteiger partial charge is 0.321 e. The summed E-state index contributed by atoms with van der Waals surface area (Å²) in [6, 6.07) is 6.38. The highest BCUT2D eigenvalue weighted by Gasteiger charge is 2.23. The molecule has 132 valence electrons. The molecule has 2 rings (SSSR count). The van der Waals surface area contributed by atoms with E-state index in [0.29, 0.717) is 44.0 Å². The quantitative estimate of drug-likeness (QED) is 0.860. The molecule has 1 aliphatic rings. The Kier molecular flexibility index (Phi) is 6.48. The third-order valence-corrected chi connectivity index (χ3v) is 3.77. The van der Waals surface area contributed by atoms with Crippen LogP contribution in [0.15, 0.2) is 24.3 Å². The first-order chi connectivity index (χ1) is 11.5. The topological polar surface area (TPSA) is 64.7 Å². The van der Waals surface area contributed by atoms with Gasteiger partial charge in [-0.3, -0.25) is 9.69 Å². The van der Waals surface area contributed by atoms with Crippen molar-refractivity contribution in [1.82, 2.24) is 15.1 Å². The van der Waals surface area contributed by atoms with Gasteiger partial charge in [0.05, 0.1) is 6.54 Å². The van der Waals surface area contributed by atoms with Gasteiger partial charge in [0.15, 0.2) is 0 Å². The van der Waals surface area contributed by atoms with E-state index in [0.717, 1.165) is 0 Å². The van der Waals surface area contributed by atoms with Gasteiger partial charge in [0, 0.05) is 44.0 Å². The normalized spacial score (nSPS) is 15.4. The predicted molar refractivity (Wildman–Crippen MR) is 87.5 cm³/mol. The van der Waals surface area contributed by atoms with Gasteiger partial charge in [-0.05, 0) is 25.1 Å². The number of rotatable bonds is 5. The molecule has 1 aliphatic heterocycles. The van der Waals surface area contributed by atoms with Crippen molar-refractivity contribution in [1.29, 1.82) is 0 Å². The summed E-state index contributed by atoms with van der Waals surface area (Å²) in [4.78, 5) is 27.3. The van der Waals surface area contributed by atoms with Crippen LogP contribution in [-0.4, -0.2) is 67.4 Å². The van der Waals surface area contributed by atoms with E-state index in [1.807, 2.05) is 6.92 Å².